The van der Waals surface area contributed by atoms with Crippen molar-refractivity contribution in [3.8, 4) is 0 Å². The van der Waals surface area contributed by atoms with Gasteiger partial charge in [0.15, 0.2) is 8.68 Å². The maximum Gasteiger partial charge on any atom is 0.251 e. The normalized spacial score (nSPS) is 12.2. The number of nitrogens with zero attached hydrogens (tertiary/aromatic N) is 1. The SMILES string of the molecule is CC(C)OCCCNS(=O)(=O)c1cnc(Cl)s1. The molecule has 98 valence electrons. The van der Waals surface area contributed by atoms with Crippen LogP contribution in [-0.2, 0) is 14.8 Å². The molecule has 1 aromatic rings. The number of rotatable bonds is 7. The van der Waals surface area contributed by atoms with E-state index in [1.165, 1.54) is 6.20 Å². The van der Waals surface area contributed by atoms with Crippen molar-refractivity contribution >= 4 is 33.0 Å². The molecule has 1 N–H and O–H groups in total. The third-order valence-corrected chi connectivity index (χ3v) is 4.82. The van der Waals surface area contributed by atoms with Crippen LogP contribution in [-0.4, -0.2) is 32.7 Å². The summed E-state index contributed by atoms with van der Waals surface area (Å²) in [5.41, 5.74) is 0. The summed E-state index contributed by atoms with van der Waals surface area (Å²) in [7, 11) is -3.47. The highest BCUT2D eigenvalue weighted by Gasteiger charge is 2.16. The van der Waals surface area contributed by atoms with Crippen LogP contribution < -0.4 is 4.72 Å². The molecule has 0 aliphatic heterocycles. The molecule has 1 heterocycles. The minimum Gasteiger partial charge on any atom is -0.379 e. The molecule has 0 atom stereocenters. The van der Waals surface area contributed by atoms with E-state index in [1.807, 2.05) is 13.8 Å². The van der Waals surface area contributed by atoms with E-state index in [0.717, 1.165) is 11.3 Å². The lowest BCUT2D eigenvalue weighted by Crippen LogP contribution is -2.25. The highest BCUT2D eigenvalue weighted by atomic mass is 35.5. The van der Waals surface area contributed by atoms with Gasteiger partial charge in [-0.25, -0.2) is 18.1 Å². The van der Waals surface area contributed by atoms with Crippen LogP contribution in [0, 0.1) is 0 Å². The topological polar surface area (TPSA) is 68.3 Å². The van der Waals surface area contributed by atoms with Crippen molar-refractivity contribution in [1.29, 1.82) is 0 Å². The number of hydrogen-bond acceptors (Lipinski definition) is 5. The van der Waals surface area contributed by atoms with Crippen LogP contribution in [0.2, 0.25) is 4.47 Å². The van der Waals surface area contributed by atoms with Crippen molar-refractivity contribution in [2.24, 2.45) is 0 Å². The van der Waals surface area contributed by atoms with Crippen LogP contribution in [0.5, 0.6) is 0 Å². The van der Waals surface area contributed by atoms with Gasteiger partial charge in [0, 0.05) is 13.2 Å². The molecule has 0 aliphatic carbocycles. The highest BCUT2D eigenvalue weighted by molar-refractivity contribution is 7.91. The maximum atomic E-state index is 11.7. The summed E-state index contributed by atoms with van der Waals surface area (Å²) in [5, 5.41) is 0. The van der Waals surface area contributed by atoms with Gasteiger partial charge in [-0.1, -0.05) is 22.9 Å². The molecule has 8 heteroatoms. The molecule has 0 unspecified atom stereocenters. The molecule has 0 aromatic carbocycles. The van der Waals surface area contributed by atoms with E-state index in [0.29, 0.717) is 19.6 Å². The van der Waals surface area contributed by atoms with E-state index in [1.54, 1.807) is 0 Å². The fourth-order valence-corrected chi connectivity index (χ4v) is 3.44. The summed E-state index contributed by atoms with van der Waals surface area (Å²) in [5.74, 6) is 0. The Kier molecular flexibility index (Phi) is 5.81. The van der Waals surface area contributed by atoms with Gasteiger partial charge in [-0.05, 0) is 20.3 Å². The molecular weight excluding hydrogens is 284 g/mol. The summed E-state index contributed by atoms with van der Waals surface area (Å²) in [6.07, 6.45) is 2.04. The lowest BCUT2D eigenvalue weighted by Gasteiger charge is -2.07. The smallest absolute Gasteiger partial charge is 0.251 e. The average Bonchev–Trinajstić information content (AvgIpc) is 2.64. The van der Waals surface area contributed by atoms with Gasteiger partial charge in [-0.15, -0.1) is 0 Å². The highest BCUT2D eigenvalue weighted by Crippen LogP contribution is 2.21. The summed E-state index contributed by atoms with van der Waals surface area (Å²) in [6.45, 7) is 4.74. The molecule has 1 aromatic heterocycles. The van der Waals surface area contributed by atoms with Crippen molar-refractivity contribution in [3.63, 3.8) is 0 Å². The molecule has 0 fully saturated rings. The van der Waals surface area contributed by atoms with Gasteiger partial charge in [0.25, 0.3) is 10.0 Å². The second kappa shape index (κ2) is 6.65. The molecule has 0 saturated heterocycles. The first kappa shape index (κ1) is 14.8. The fraction of sp³-hybridized carbons (Fsp3) is 0.667. The zero-order valence-corrected chi connectivity index (χ0v) is 12.0. The zero-order valence-electron chi connectivity index (χ0n) is 9.64. The number of ether oxygens (including phenoxy) is 1. The van der Waals surface area contributed by atoms with Crippen LogP contribution >= 0.6 is 22.9 Å². The predicted octanol–water partition coefficient (Wildman–Crippen LogP) is 1.89. The first-order valence-corrected chi connectivity index (χ1v) is 7.82. The van der Waals surface area contributed by atoms with Crippen LogP contribution in [0.4, 0.5) is 0 Å². The largest absolute Gasteiger partial charge is 0.379 e. The Labute approximate surface area is 110 Å². The molecule has 0 spiro atoms. The molecular formula is C9H15ClN2O3S2. The Bertz CT molecular complexity index is 445. The van der Waals surface area contributed by atoms with Gasteiger partial charge in [0.1, 0.15) is 0 Å². The lowest BCUT2D eigenvalue weighted by atomic mass is 10.4. The van der Waals surface area contributed by atoms with Crippen molar-refractivity contribution in [2.75, 3.05) is 13.2 Å². The van der Waals surface area contributed by atoms with E-state index >= 15 is 0 Å². The predicted molar refractivity (Wildman–Crippen MR) is 68.0 cm³/mol. The van der Waals surface area contributed by atoms with E-state index in [2.05, 4.69) is 9.71 Å². The monoisotopic (exact) mass is 298 g/mol. The summed E-state index contributed by atoms with van der Waals surface area (Å²) in [4.78, 5) is 3.69. The van der Waals surface area contributed by atoms with Gasteiger partial charge in [-0.3, -0.25) is 0 Å². The number of thiazole rings is 1. The zero-order chi connectivity index (χ0) is 12.9. The van der Waals surface area contributed by atoms with Crippen LogP contribution in [0.15, 0.2) is 10.4 Å². The van der Waals surface area contributed by atoms with Crippen LogP contribution in [0.25, 0.3) is 0 Å². The number of halogens is 1. The summed E-state index contributed by atoms with van der Waals surface area (Å²) >= 11 is 6.52. The Morgan fingerprint density at radius 1 is 1.59 bits per heavy atom. The number of hydrogen-bond donors (Lipinski definition) is 1. The third kappa shape index (κ3) is 5.31. The number of nitrogens with one attached hydrogen (secondary N) is 1. The van der Waals surface area contributed by atoms with Gasteiger partial charge in [-0.2, -0.15) is 0 Å². The van der Waals surface area contributed by atoms with Crippen LogP contribution in [0.1, 0.15) is 20.3 Å². The minimum absolute atomic E-state index is 0.132. The molecule has 0 amide bonds. The third-order valence-electron chi connectivity index (χ3n) is 1.79. The molecule has 1 rings (SSSR count). The van der Waals surface area contributed by atoms with Crippen LogP contribution in [0.3, 0.4) is 0 Å². The molecule has 0 saturated carbocycles. The second-order valence-electron chi connectivity index (χ2n) is 3.60. The second-order valence-corrected chi connectivity index (χ2v) is 7.21. The quantitative estimate of drug-likeness (QED) is 0.781. The Hall–Kier alpha value is -0.210. The average molecular weight is 299 g/mol. The molecule has 0 radical (unpaired) electrons. The molecule has 17 heavy (non-hydrogen) atoms. The Balaban J connectivity index is 2.36. The van der Waals surface area contributed by atoms with E-state index in [4.69, 9.17) is 16.3 Å². The lowest BCUT2D eigenvalue weighted by molar-refractivity contribution is 0.0778. The van der Waals surface area contributed by atoms with Gasteiger partial charge in [0.2, 0.25) is 0 Å². The first-order chi connectivity index (χ1) is 7.92. The fourth-order valence-electron chi connectivity index (χ4n) is 1.03. The molecule has 0 bridgehead atoms. The number of sulfonamides is 1. The summed E-state index contributed by atoms with van der Waals surface area (Å²) in [6, 6.07) is 0. The van der Waals surface area contributed by atoms with E-state index < -0.39 is 10.0 Å². The Morgan fingerprint density at radius 2 is 2.29 bits per heavy atom. The van der Waals surface area contributed by atoms with Gasteiger partial charge in [0.05, 0.1) is 12.3 Å². The summed E-state index contributed by atoms with van der Waals surface area (Å²) < 4.78 is 31.5. The number of aromatic nitrogens is 1. The van der Waals surface area contributed by atoms with Gasteiger partial charge < -0.3 is 4.74 Å². The molecule has 5 nitrogen and oxygen atoms in total. The van der Waals surface area contributed by atoms with Crippen molar-refractivity contribution in [2.45, 2.75) is 30.6 Å². The van der Waals surface area contributed by atoms with E-state index in [9.17, 15) is 8.42 Å². The molecule has 0 aliphatic rings. The van der Waals surface area contributed by atoms with Crippen molar-refractivity contribution < 1.29 is 13.2 Å². The Morgan fingerprint density at radius 3 is 2.82 bits per heavy atom. The van der Waals surface area contributed by atoms with Crippen molar-refractivity contribution in [1.82, 2.24) is 9.71 Å². The standard InChI is InChI=1S/C9H15ClN2O3S2/c1-7(2)15-5-3-4-12-17(13,14)8-6-11-9(10)16-8/h6-7,12H,3-5H2,1-2H3. The van der Waals surface area contributed by atoms with E-state index in [-0.39, 0.29) is 14.8 Å². The van der Waals surface area contributed by atoms with Gasteiger partial charge >= 0.3 is 0 Å². The minimum atomic E-state index is -3.47. The van der Waals surface area contributed by atoms with Crippen molar-refractivity contribution in [3.05, 3.63) is 10.7 Å². The maximum absolute atomic E-state index is 11.7. The first-order valence-electron chi connectivity index (χ1n) is 5.14.